The molecule has 0 radical (unpaired) electrons. The van der Waals surface area contributed by atoms with Crippen LogP contribution in [0.3, 0.4) is 0 Å². The van der Waals surface area contributed by atoms with Crippen LogP contribution in [-0.4, -0.2) is 43.6 Å². The van der Waals surface area contributed by atoms with E-state index < -0.39 is 0 Å². The standard InChI is InChI=1S/C11H20ClNO/c12-7-10-1-4-13(5-2-10)8-11-3-6-14-9-11/h10-11H,1-9H2. The number of halogens is 1. The third-order valence-corrected chi connectivity index (χ3v) is 3.90. The summed E-state index contributed by atoms with van der Waals surface area (Å²) in [5, 5.41) is 0. The zero-order valence-electron chi connectivity index (χ0n) is 8.75. The van der Waals surface area contributed by atoms with E-state index in [1.54, 1.807) is 0 Å². The van der Waals surface area contributed by atoms with Crippen molar-refractivity contribution in [2.45, 2.75) is 19.3 Å². The molecule has 2 rings (SSSR count). The Hall–Kier alpha value is 0.210. The van der Waals surface area contributed by atoms with Crippen molar-refractivity contribution in [3.05, 3.63) is 0 Å². The van der Waals surface area contributed by atoms with Gasteiger partial charge in [-0.15, -0.1) is 11.6 Å². The molecule has 14 heavy (non-hydrogen) atoms. The summed E-state index contributed by atoms with van der Waals surface area (Å²) in [6.07, 6.45) is 3.84. The van der Waals surface area contributed by atoms with Crippen molar-refractivity contribution in [1.29, 1.82) is 0 Å². The van der Waals surface area contributed by atoms with Gasteiger partial charge < -0.3 is 9.64 Å². The van der Waals surface area contributed by atoms with E-state index in [1.165, 1.54) is 38.9 Å². The minimum Gasteiger partial charge on any atom is -0.381 e. The first-order chi connectivity index (χ1) is 6.88. The van der Waals surface area contributed by atoms with E-state index in [9.17, 15) is 0 Å². The van der Waals surface area contributed by atoms with Crippen LogP contribution in [0, 0.1) is 11.8 Å². The molecule has 0 bridgehead atoms. The first kappa shape index (κ1) is 10.7. The van der Waals surface area contributed by atoms with Crippen LogP contribution in [0.1, 0.15) is 19.3 Å². The quantitative estimate of drug-likeness (QED) is 0.671. The van der Waals surface area contributed by atoms with Crippen molar-refractivity contribution < 1.29 is 4.74 Å². The van der Waals surface area contributed by atoms with Crippen LogP contribution >= 0.6 is 11.6 Å². The normalized spacial score (nSPS) is 31.1. The van der Waals surface area contributed by atoms with Crippen molar-refractivity contribution >= 4 is 11.6 Å². The van der Waals surface area contributed by atoms with Gasteiger partial charge >= 0.3 is 0 Å². The van der Waals surface area contributed by atoms with Gasteiger partial charge in [-0.2, -0.15) is 0 Å². The van der Waals surface area contributed by atoms with E-state index in [0.29, 0.717) is 0 Å². The molecule has 82 valence electrons. The number of hydrogen-bond acceptors (Lipinski definition) is 2. The Kier molecular flexibility index (Phi) is 4.09. The minimum atomic E-state index is 0.771. The molecule has 2 fully saturated rings. The van der Waals surface area contributed by atoms with Gasteiger partial charge in [0.05, 0.1) is 6.61 Å². The molecule has 0 aliphatic carbocycles. The Morgan fingerprint density at radius 1 is 1.14 bits per heavy atom. The third-order valence-electron chi connectivity index (χ3n) is 3.47. The van der Waals surface area contributed by atoms with Gasteiger partial charge in [0.2, 0.25) is 0 Å². The van der Waals surface area contributed by atoms with E-state index in [1.807, 2.05) is 0 Å². The highest BCUT2D eigenvalue weighted by Crippen LogP contribution is 2.21. The number of likely N-dealkylation sites (tertiary alicyclic amines) is 1. The van der Waals surface area contributed by atoms with Gasteiger partial charge in [0.1, 0.15) is 0 Å². The second kappa shape index (κ2) is 5.34. The number of piperidine rings is 1. The van der Waals surface area contributed by atoms with Crippen molar-refractivity contribution in [2.24, 2.45) is 11.8 Å². The summed E-state index contributed by atoms with van der Waals surface area (Å²) < 4.78 is 5.39. The smallest absolute Gasteiger partial charge is 0.0507 e. The van der Waals surface area contributed by atoms with Crippen LogP contribution in [0.4, 0.5) is 0 Å². The lowest BCUT2D eigenvalue weighted by Gasteiger charge is -2.32. The second-order valence-corrected chi connectivity index (χ2v) is 4.94. The predicted molar refractivity (Wildman–Crippen MR) is 58.8 cm³/mol. The largest absolute Gasteiger partial charge is 0.381 e. The van der Waals surface area contributed by atoms with Gasteiger partial charge in [-0.3, -0.25) is 0 Å². The van der Waals surface area contributed by atoms with Gasteiger partial charge in [0.15, 0.2) is 0 Å². The molecule has 1 atom stereocenters. The monoisotopic (exact) mass is 217 g/mol. The van der Waals surface area contributed by atoms with E-state index >= 15 is 0 Å². The summed E-state index contributed by atoms with van der Waals surface area (Å²) in [5.41, 5.74) is 0. The van der Waals surface area contributed by atoms with E-state index in [4.69, 9.17) is 16.3 Å². The van der Waals surface area contributed by atoms with Crippen LogP contribution in [0.15, 0.2) is 0 Å². The molecule has 0 spiro atoms. The average Bonchev–Trinajstić information content (AvgIpc) is 2.72. The van der Waals surface area contributed by atoms with Crippen LogP contribution in [0.2, 0.25) is 0 Å². The summed E-state index contributed by atoms with van der Waals surface area (Å²) in [7, 11) is 0. The van der Waals surface area contributed by atoms with E-state index in [0.717, 1.165) is 30.9 Å². The third kappa shape index (κ3) is 2.85. The minimum absolute atomic E-state index is 0.771. The maximum atomic E-state index is 5.86. The van der Waals surface area contributed by atoms with E-state index in [2.05, 4.69) is 4.90 Å². The van der Waals surface area contributed by atoms with Crippen molar-refractivity contribution in [1.82, 2.24) is 4.90 Å². The number of alkyl halides is 1. The number of rotatable bonds is 3. The number of ether oxygens (including phenoxy) is 1. The van der Waals surface area contributed by atoms with Crippen LogP contribution in [-0.2, 0) is 4.74 Å². The molecular weight excluding hydrogens is 198 g/mol. The Bertz CT molecular complexity index is 163. The SMILES string of the molecule is ClCC1CCN(CC2CCOC2)CC1. The van der Waals surface area contributed by atoms with E-state index in [-0.39, 0.29) is 0 Å². The van der Waals surface area contributed by atoms with Crippen LogP contribution in [0.25, 0.3) is 0 Å². The Morgan fingerprint density at radius 3 is 2.50 bits per heavy atom. The fourth-order valence-corrected chi connectivity index (χ4v) is 2.72. The van der Waals surface area contributed by atoms with Gasteiger partial charge in [-0.25, -0.2) is 0 Å². The van der Waals surface area contributed by atoms with Crippen molar-refractivity contribution in [3.63, 3.8) is 0 Å². The molecule has 1 unspecified atom stereocenters. The summed E-state index contributed by atoms with van der Waals surface area (Å²) in [4.78, 5) is 2.59. The lowest BCUT2D eigenvalue weighted by Crippen LogP contribution is -2.37. The zero-order chi connectivity index (χ0) is 9.80. The highest BCUT2D eigenvalue weighted by atomic mass is 35.5. The molecule has 2 aliphatic rings. The first-order valence-electron chi connectivity index (χ1n) is 5.74. The molecule has 0 aromatic carbocycles. The number of nitrogens with zero attached hydrogens (tertiary/aromatic N) is 1. The molecule has 2 nitrogen and oxygen atoms in total. The lowest BCUT2D eigenvalue weighted by atomic mass is 9.97. The highest BCUT2D eigenvalue weighted by molar-refractivity contribution is 6.18. The highest BCUT2D eigenvalue weighted by Gasteiger charge is 2.23. The molecule has 2 heterocycles. The fourth-order valence-electron chi connectivity index (χ4n) is 2.42. The molecule has 0 amide bonds. The van der Waals surface area contributed by atoms with Crippen molar-refractivity contribution in [2.75, 3.05) is 38.7 Å². The van der Waals surface area contributed by atoms with Gasteiger partial charge in [-0.05, 0) is 44.2 Å². The topological polar surface area (TPSA) is 12.5 Å². The van der Waals surface area contributed by atoms with Gasteiger partial charge in [-0.1, -0.05) is 0 Å². The maximum Gasteiger partial charge on any atom is 0.0507 e. The first-order valence-corrected chi connectivity index (χ1v) is 6.28. The molecule has 0 saturated carbocycles. The van der Waals surface area contributed by atoms with Crippen molar-refractivity contribution in [3.8, 4) is 0 Å². The average molecular weight is 218 g/mol. The van der Waals surface area contributed by atoms with Gasteiger partial charge in [0, 0.05) is 19.0 Å². The summed E-state index contributed by atoms with van der Waals surface area (Å²) in [6.45, 7) is 5.69. The lowest BCUT2D eigenvalue weighted by molar-refractivity contribution is 0.145. The Balaban J connectivity index is 1.67. The fraction of sp³-hybridized carbons (Fsp3) is 1.00. The maximum absolute atomic E-state index is 5.86. The molecule has 2 aliphatic heterocycles. The summed E-state index contributed by atoms with van der Waals surface area (Å²) in [6, 6.07) is 0. The molecule has 0 aromatic heterocycles. The predicted octanol–water partition coefficient (Wildman–Crippen LogP) is 1.97. The Morgan fingerprint density at radius 2 is 1.93 bits per heavy atom. The number of hydrogen-bond donors (Lipinski definition) is 0. The molecule has 3 heteroatoms. The Labute approximate surface area is 91.6 Å². The second-order valence-electron chi connectivity index (χ2n) is 4.63. The molecule has 2 saturated heterocycles. The molecule has 0 N–H and O–H groups in total. The molecular formula is C11H20ClNO. The molecule has 0 aromatic rings. The summed E-state index contributed by atoms with van der Waals surface area (Å²) >= 11 is 5.86. The van der Waals surface area contributed by atoms with Crippen LogP contribution in [0.5, 0.6) is 0 Å². The van der Waals surface area contributed by atoms with Gasteiger partial charge in [0.25, 0.3) is 0 Å². The summed E-state index contributed by atoms with van der Waals surface area (Å²) in [5.74, 6) is 2.41. The van der Waals surface area contributed by atoms with Crippen LogP contribution < -0.4 is 0 Å². The zero-order valence-corrected chi connectivity index (χ0v) is 9.51.